The quantitative estimate of drug-likeness (QED) is 0.630. The summed E-state index contributed by atoms with van der Waals surface area (Å²) in [5, 5.41) is 4.15. The van der Waals surface area contributed by atoms with Crippen molar-refractivity contribution in [2.45, 2.75) is 5.88 Å². The lowest BCUT2D eigenvalue weighted by Crippen LogP contribution is -1.97. The third kappa shape index (κ3) is 1.90. The van der Waals surface area contributed by atoms with Gasteiger partial charge in [-0.25, -0.2) is 4.98 Å². The molecule has 0 bridgehead atoms. The van der Waals surface area contributed by atoms with Crippen LogP contribution in [0.5, 0.6) is 0 Å². The molecule has 5 heteroatoms. The van der Waals surface area contributed by atoms with E-state index in [2.05, 4.69) is 48.4 Å². The minimum Gasteiger partial charge on any atom is -0.294 e. The first-order chi connectivity index (χ1) is 8.29. The van der Waals surface area contributed by atoms with Crippen molar-refractivity contribution in [2.24, 2.45) is 0 Å². The van der Waals surface area contributed by atoms with Gasteiger partial charge in [-0.05, 0) is 29.6 Å². The minimum atomic E-state index is 0.405. The van der Waals surface area contributed by atoms with Crippen LogP contribution in [0.1, 0.15) is 5.82 Å². The third-order valence-electron chi connectivity index (χ3n) is 2.57. The van der Waals surface area contributed by atoms with Gasteiger partial charge in [0.2, 0.25) is 0 Å². The van der Waals surface area contributed by atoms with Gasteiger partial charge in [-0.1, -0.05) is 15.9 Å². The second kappa shape index (κ2) is 4.44. The summed E-state index contributed by atoms with van der Waals surface area (Å²) in [5.74, 6) is 1.28. The molecule has 0 aliphatic rings. The van der Waals surface area contributed by atoms with Crippen molar-refractivity contribution in [3.63, 3.8) is 0 Å². The second-order valence-electron chi connectivity index (χ2n) is 3.61. The van der Waals surface area contributed by atoms with Crippen molar-refractivity contribution in [3.05, 3.63) is 45.3 Å². The SMILES string of the molecule is ClCc1nc2cc(Br)ccc2n1-c1ccsc1. The van der Waals surface area contributed by atoms with Gasteiger partial charge in [-0.2, -0.15) is 11.3 Å². The maximum absolute atomic E-state index is 5.97. The molecule has 0 atom stereocenters. The van der Waals surface area contributed by atoms with Gasteiger partial charge in [0, 0.05) is 9.85 Å². The number of nitrogens with zero attached hydrogens (tertiary/aromatic N) is 2. The number of alkyl halides is 1. The minimum absolute atomic E-state index is 0.405. The topological polar surface area (TPSA) is 17.8 Å². The Balaban J connectivity index is 2.35. The normalized spacial score (nSPS) is 11.2. The molecule has 3 rings (SSSR count). The lowest BCUT2D eigenvalue weighted by atomic mass is 10.3. The van der Waals surface area contributed by atoms with Gasteiger partial charge in [-0.15, -0.1) is 11.6 Å². The van der Waals surface area contributed by atoms with Crippen molar-refractivity contribution in [2.75, 3.05) is 0 Å². The van der Waals surface area contributed by atoms with Gasteiger partial charge in [-0.3, -0.25) is 4.57 Å². The molecular formula is C12H8BrClN2S. The molecule has 0 radical (unpaired) electrons. The highest BCUT2D eigenvalue weighted by Crippen LogP contribution is 2.26. The Morgan fingerprint density at radius 2 is 2.24 bits per heavy atom. The highest BCUT2D eigenvalue weighted by molar-refractivity contribution is 9.10. The van der Waals surface area contributed by atoms with Crippen LogP contribution in [0.2, 0.25) is 0 Å². The fourth-order valence-electron chi connectivity index (χ4n) is 1.87. The smallest absolute Gasteiger partial charge is 0.129 e. The van der Waals surface area contributed by atoms with Crippen LogP contribution in [0.25, 0.3) is 16.7 Å². The number of hydrogen-bond acceptors (Lipinski definition) is 2. The van der Waals surface area contributed by atoms with Crippen LogP contribution in [0.15, 0.2) is 39.5 Å². The zero-order valence-corrected chi connectivity index (χ0v) is 11.9. The van der Waals surface area contributed by atoms with E-state index in [0.29, 0.717) is 5.88 Å². The Labute approximate surface area is 116 Å². The number of imidazole rings is 1. The standard InChI is InChI=1S/C12H8BrClN2S/c13-8-1-2-11-10(5-8)15-12(6-14)16(11)9-3-4-17-7-9/h1-5,7H,6H2. The number of aromatic nitrogens is 2. The number of hydrogen-bond donors (Lipinski definition) is 0. The van der Waals surface area contributed by atoms with E-state index in [9.17, 15) is 0 Å². The molecule has 0 spiro atoms. The van der Waals surface area contributed by atoms with E-state index in [1.165, 1.54) is 0 Å². The zero-order chi connectivity index (χ0) is 11.8. The fraction of sp³-hybridized carbons (Fsp3) is 0.0833. The summed E-state index contributed by atoms with van der Waals surface area (Å²) >= 11 is 11.1. The van der Waals surface area contributed by atoms with E-state index in [4.69, 9.17) is 11.6 Å². The Morgan fingerprint density at radius 1 is 1.35 bits per heavy atom. The first-order valence-corrected chi connectivity index (χ1v) is 7.32. The first kappa shape index (κ1) is 11.3. The highest BCUT2D eigenvalue weighted by Gasteiger charge is 2.11. The Bertz CT molecular complexity index is 661. The van der Waals surface area contributed by atoms with Crippen LogP contribution in [0.4, 0.5) is 0 Å². The summed E-state index contributed by atoms with van der Waals surface area (Å²) in [4.78, 5) is 4.55. The summed E-state index contributed by atoms with van der Waals surface area (Å²) in [6.45, 7) is 0. The molecule has 0 amide bonds. The van der Waals surface area contributed by atoms with Gasteiger partial charge in [0.15, 0.2) is 0 Å². The molecule has 0 aliphatic heterocycles. The predicted molar refractivity (Wildman–Crippen MR) is 76.2 cm³/mol. The molecule has 2 nitrogen and oxygen atoms in total. The van der Waals surface area contributed by atoms with Crippen LogP contribution in [0, 0.1) is 0 Å². The van der Waals surface area contributed by atoms with Crippen LogP contribution < -0.4 is 0 Å². The average molecular weight is 328 g/mol. The molecule has 2 aromatic heterocycles. The molecule has 0 saturated carbocycles. The molecule has 86 valence electrons. The van der Waals surface area contributed by atoms with E-state index < -0.39 is 0 Å². The van der Waals surface area contributed by atoms with Crippen LogP contribution in [0.3, 0.4) is 0 Å². The predicted octanol–water partition coefficient (Wildman–Crippen LogP) is 4.59. The molecule has 2 heterocycles. The maximum Gasteiger partial charge on any atom is 0.129 e. The Morgan fingerprint density at radius 3 is 2.94 bits per heavy atom. The molecule has 0 aliphatic carbocycles. The molecule has 17 heavy (non-hydrogen) atoms. The lowest BCUT2D eigenvalue weighted by molar-refractivity contribution is 0.987. The summed E-state index contributed by atoms with van der Waals surface area (Å²) in [7, 11) is 0. The van der Waals surface area contributed by atoms with Gasteiger partial charge in [0.25, 0.3) is 0 Å². The van der Waals surface area contributed by atoms with Crippen molar-refractivity contribution >= 4 is 49.9 Å². The van der Waals surface area contributed by atoms with Gasteiger partial charge >= 0.3 is 0 Å². The third-order valence-corrected chi connectivity index (χ3v) is 3.97. The second-order valence-corrected chi connectivity index (χ2v) is 5.57. The maximum atomic E-state index is 5.97. The van der Waals surface area contributed by atoms with Crippen molar-refractivity contribution < 1.29 is 0 Å². The van der Waals surface area contributed by atoms with Gasteiger partial charge in [0.1, 0.15) is 5.82 Å². The number of fused-ring (bicyclic) bond motifs is 1. The van der Waals surface area contributed by atoms with E-state index in [1.54, 1.807) is 11.3 Å². The molecule has 0 saturated heterocycles. The average Bonchev–Trinajstić information content (AvgIpc) is 2.93. The van der Waals surface area contributed by atoms with E-state index in [1.807, 2.05) is 12.1 Å². The van der Waals surface area contributed by atoms with Gasteiger partial charge in [0.05, 0.1) is 22.6 Å². The van der Waals surface area contributed by atoms with Gasteiger partial charge < -0.3 is 0 Å². The first-order valence-electron chi connectivity index (χ1n) is 5.05. The lowest BCUT2D eigenvalue weighted by Gasteiger charge is -2.04. The summed E-state index contributed by atoms with van der Waals surface area (Å²) < 4.78 is 3.13. The number of halogens is 2. The Kier molecular flexibility index (Phi) is 2.94. The van der Waals surface area contributed by atoms with Crippen molar-refractivity contribution in [1.82, 2.24) is 9.55 Å². The monoisotopic (exact) mass is 326 g/mol. The number of thiophene rings is 1. The van der Waals surface area contributed by atoms with Crippen LogP contribution in [-0.4, -0.2) is 9.55 Å². The molecule has 0 fully saturated rings. The summed E-state index contributed by atoms with van der Waals surface area (Å²) in [6, 6.07) is 8.16. The van der Waals surface area contributed by atoms with E-state index in [0.717, 1.165) is 27.0 Å². The molecule has 0 unspecified atom stereocenters. The van der Waals surface area contributed by atoms with Crippen molar-refractivity contribution in [3.8, 4) is 5.69 Å². The van der Waals surface area contributed by atoms with E-state index in [-0.39, 0.29) is 0 Å². The molecule has 3 aromatic rings. The zero-order valence-electron chi connectivity index (χ0n) is 8.73. The molecule has 1 aromatic carbocycles. The molecular weight excluding hydrogens is 320 g/mol. The summed E-state index contributed by atoms with van der Waals surface area (Å²) in [6.07, 6.45) is 0. The van der Waals surface area contributed by atoms with Crippen LogP contribution >= 0.6 is 38.9 Å². The number of rotatable bonds is 2. The summed E-state index contributed by atoms with van der Waals surface area (Å²) in [5.41, 5.74) is 3.17. The molecule has 0 N–H and O–H groups in total. The highest BCUT2D eigenvalue weighted by atomic mass is 79.9. The number of benzene rings is 1. The van der Waals surface area contributed by atoms with Crippen LogP contribution in [-0.2, 0) is 5.88 Å². The largest absolute Gasteiger partial charge is 0.294 e. The fourth-order valence-corrected chi connectivity index (χ4v) is 3.01. The van der Waals surface area contributed by atoms with Crippen molar-refractivity contribution in [1.29, 1.82) is 0 Å². The van der Waals surface area contributed by atoms with E-state index >= 15 is 0 Å². The Hall–Kier alpha value is -0.840.